The fourth-order valence-corrected chi connectivity index (χ4v) is 2.07. The maximum absolute atomic E-state index is 11.7. The lowest BCUT2D eigenvalue weighted by molar-refractivity contribution is -0.117. The molecular weight excluding hydrogens is 266 g/mol. The van der Waals surface area contributed by atoms with E-state index in [0.29, 0.717) is 11.4 Å². The van der Waals surface area contributed by atoms with Crippen LogP contribution in [0.15, 0.2) is 18.2 Å². The van der Waals surface area contributed by atoms with Crippen molar-refractivity contribution < 1.29 is 13.2 Å². The van der Waals surface area contributed by atoms with Crippen molar-refractivity contribution >= 4 is 27.3 Å². The minimum absolute atomic E-state index is 0.147. The first-order chi connectivity index (χ1) is 8.73. The summed E-state index contributed by atoms with van der Waals surface area (Å²) in [4.78, 5) is 11.7. The van der Waals surface area contributed by atoms with Gasteiger partial charge in [0.1, 0.15) is 0 Å². The molecule has 19 heavy (non-hydrogen) atoms. The Morgan fingerprint density at radius 3 is 2.42 bits per heavy atom. The summed E-state index contributed by atoms with van der Waals surface area (Å²) in [6.45, 7) is 3.52. The molecule has 0 aromatic heterocycles. The number of hydrogen-bond donors (Lipinski definition) is 3. The summed E-state index contributed by atoms with van der Waals surface area (Å²) in [6, 6.07) is 4.69. The van der Waals surface area contributed by atoms with Crippen molar-refractivity contribution in [3.05, 3.63) is 23.8 Å². The molecule has 0 aliphatic heterocycles. The maximum Gasteiger partial charge on any atom is 0.241 e. The van der Waals surface area contributed by atoms with Crippen LogP contribution in [-0.4, -0.2) is 33.7 Å². The van der Waals surface area contributed by atoms with Crippen LogP contribution in [0.25, 0.3) is 0 Å². The summed E-state index contributed by atoms with van der Waals surface area (Å²) < 4.78 is 24.7. The summed E-state index contributed by atoms with van der Waals surface area (Å²) in [7, 11) is -1.60. The van der Waals surface area contributed by atoms with Crippen molar-refractivity contribution in [2.75, 3.05) is 23.3 Å². The smallest absolute Gasteiger partial charge is 0.241 e. The molecule has 1 aromatic rings. The monoisotopic (exact) mass is 285 g/mol. The van der Waals surface area contributed by atoms with Gasteiger partial charge in [0.05, 0.1) is 18.0 Å². The highest BCUT2D eigenvalue weighted by Gasteiger charge is 2.11. The number of anilines is 2. The SMILES string of the molecule is CNC(C)C(=O)Nc1ccc(NS(C)(=O)=O)c(C)c1. The van der Waals surface area contributed by atoms with Gasteiger partial charge in [-0.15, -0.1) is 0 Å². The number of hydrogen-bond acceptors (Lipinski definition) is 4. The van der Waals surface area contributed by atoms with Gasteiger partial charge in [-0.1, -0.05) is 0 Å². The predicted molar refractivity (Wildman–Crippen MR) is 76.8 cm³/mol. The number of likely N-dealkylation sites (N-methyl/N-ethyl adjacent to an activating group) is 1. The lowest BCUT2D eigenvalue weighted by Crippen LogP contribution is -2.35. The van der Waals surface area contributed by atoms with Crippen molar-refractivity contribution in [1.82, 2.24) is 5.32 Å². The predicted octanol–water partition coefficient (Wildman–Crippen LogP) is 0.913. The van der Waals surface area contributed by atoms with Crippen LogP contribution in [0, 0.1) is 6.92 Å². The summed E-state index contributed by atoms with van der Waals surface area (Å²) in [5.74, 6) is -0.147. The zero-order chi connectivity index (χ0) is 14.6. The highest BCUT2D eigenvalue weighted by molar-refractivity contribution is 7.92. The topological polar surface area (TPSA) is 87.3 Å². The summed E-state index contributed by atoms with van der Waals surface area (Å²) in [5, 5.41) is 5.58. The van der Waals surface area contributed by atoms with Crippen molar-refractivity contribution in [1.29, 1.82) is 0 Å². The average molecular weight is 285 g/mol. The van der Waals surface area contributed by atoms with E-state index >= 15 is 0 Å². The Bertz CT molecular complexity index is 570. The Morgan fingerprint density at radius 2 is 1.95 bits per heavy atom. The molecule has 1 rings (SSSR count). The van der Waals surface area contributed by atoms with E-state index in [1.165, 1.54) is 0 Å². The molecule has 106 valence electrons. The molecule has 0 radical (unpaired) electrons. The Kier molecular flexibility index (Phi) is 4.90. The van der Waals surface area contributed by atoms with Gasteiger partial charge in [-0.05, 0) is 44.7 Å². The number of aryl methyl sites for hydroxylation is 1. The van der Waals surface area contributed by atoms with Gasteiger partial charge < -0.3 is 10.6 Å². The normalized spacial score (nSPS) is 12.8. The highest BCUT2D eigenvalue weighted by atomic mass is 32.2. The van der Waals surface area contributed by atoms with E-state index in [4.69, 9.17) is 0 Å². The molecule has 0 aliphatic rings. The number of sulfonamides is 1. The molecule has 3 N–H and O–H groups in total. The number of amides is 1. The Hall–Kier alpha value is -1.60. The van der Waals surface area contributed by atoms with Gasteiger partial charge in [0.25, 0.3) is 0 Å². The largest absolute Gasteiger partial charge is 0.325 e. The van der Waals surface area contributed by atoms with Crippen LogP contribution in [0.5, 0.6) is 0 Å². The third-order valence-electron chi connectivity index (χ3n) is 2.62. The fraction of sp³-hybridized carbons (Fsp3) is 0.417. The molecular formula is C12H19N3O3S. The number of rotatable bonds is 5. The second kappa shape index (κ2) is 6.03. The molecule has 0 saturated carbocycles. The highest BCUT2D eigenvalue weighted by Crippen LogP contribution is 2.20. The molecule has 0 fully saturated rings. The van der Waals surface area contributed by atoms with Gasteiger partial charge in [-0.25, -0.2) is 8.42 Å². The van der Waals surface area contributed by atoms with Gasteiger partial charge in [0.2, 0.25) is 15.9 Å². The van der Waals surface area contributed by atoms with Gasteiger partial charge in [0, 0.05) is 5.69 Å². The van der Waals surface area contributed by atoms with E-state index in [9.17, 15) is 13.2 Å². The first-order valence-electron chi connectivity index (χ1n) is 5.79. The molecule has 0 aliphatic carbocycles. The van der Waals surface area contributed by atoms with Crippen LogP contribution >= 0.6 is 0 Å². The van der Waals surface area contributed by atoms with Gasteiger partial charge in [-0.3, -0.25) is 9.52 Å². The van der Waals surface area contributed by atoms with Gasteiger partial charge in [0.15, 0.2) is 0 Å². The minimum atomic E-state index is -3.30. The van der Waals surface area contributed by atoms with E-state index in [1.54, 1.807) is 39.1 Å². The Labute approximate surface area is 113 Å². The summed E-state index contributed by atoms with van der Waals surface area (Å²) in [6.07, 6.45) is 1.09. The van der Waals surface area contributed by atoms with Crippen LogP contribution in [0.1, 0.15) is 12.5 Å². The Balaban J connectivity index is 2.86. The second-order valence-corrected chi connectivity index (χ2v) is 6.15. The van der Waals surface area contributed by atoms with Crippen molar-refractivity contribution in [3.63, 3.8) is 0 Å². The van der Waals surface area contributed by atoms with E-state index in [1.807, 2.05) is 0 Å². The first kappa shape index (κ1) is 15.5. The van der Waals surface area contributed by atoms with E-state index in [0.717, 1.165) is 11.8 Å². The third-order valence-corrected chi connectivity index (χ3v) is 3.21. The number of carbonyl (C=O) groups excluding carboxylic acids is 1. The molecule has 7 heteroatoms. The zero-order valence-corrected chi connectivity index (χ0v) is 12.3. The number of benzene rings is 1. The van der Waals surface area contributed by atoms with Gasteiger partial charge in [-0.2, -0.15) is 0 Å². The number of nitrogens with one attached hydrogen (secondary N) is 3. The standard InChI is InChI=1S/C12H19N3O3S/c1-8-7-10(14-12(16)9(2)13-3)5-6-11(8)15-19(4,17)18/h5-7,9,13,15H,1-4H3,(H,14,16). The zero-order valence-electron chi connectivity index (χ0n) is 11.4. The molecule has 1 unspecified atom stereocenters. The molecule has 0 saturated heterocycles. The summed E-state index contributed by atoms with van der Waals surface area (Å²) >= 11 is 0. The van der Waals surface area contributed by atoms with Gasteiger partial charge >= 0.3 is 0 Å². The molecule has 0 heterocycles. The lowest BCUT2D eigenvalue weighted by Gasteiger charge is -2.13. The molecule has 1 aromatic carbocycles. The van der Waals surface area contributed by atoms with Crippen molar-refractivity contribution in [2.45, 2.75) is 19.9 Å². The summed E-state index contributed by atoms with van der Waals surface area (Å²) in [5.41, 5.74) is 1.87. The average Bonchev–Trinajstić information content (AvgIpc) is 2.30. The van der Waals surface area contributed by atoms with Crippen LogP contribution < -0.4 is 15.4 Å². The molecule has 0 bridgehead atoms. The van der Waals surface area contributed by atoms with Crippen LogP contribution in [0.4, 0.5) is 11.4 Å². The van der Waals surface area contributed by atoms with E-state index in [-0.39, 0.29) is 11.9 Å². The third kappa shape index (κ3) is 4.88. The van der Waals surface area contributed by atoms with E-state index < -0.39 is 10.0 Å². The maximum atomic E-state index is 11.7. The lowest BCUT2D eigenvalue weighted by atomic mass is 10.2. The van der Waals surface area contributed by atoms with Crippen LogP contribution in [-0.2, 0) is 14.8 Å². The fourth-order valence-electron chi connectivity index (χ4n) is 1.44. The van der Waals surface area contributed by atoms with Crippen molar-refractivity contribution in [2.24, 2.45) is 0 Å². The van der Waals surface area contributed by atoms with Crippen LogP contribution in [0.2, 0.25) is 0 Å². The molecule has 1 atom stereocenters. The van der Waals surface area contributed by atoms with Crippen molar-refractivity contribution in [3.8, 4) is 0 Å². The second-order valence-electron chi connectivity index (χ2n) is 4.40. The minimum Gasteiger partial charge on any atom is -0.325 e. The quantitative estimate of drug-likeness (QED) is 0.750. The van der Waals surface area contributed by atoms with E-state index in [2.05, 4.69) is 15.4 Å². The molecule has 6 nitrogen and oxygen atoms in total. The first-order valence-corrected chi connectivity index (χ1v) is 7.68. The van der Waals surface area contributed by atoms with Crippen LogP contribution in [0.3, 0.4) is 0 Å². The molecule has 0 spiro atoms. The molecule has 1 amide bonds. The number of carbonyl (C=O) groups is 1. The Morgan fingerprint density at radius 1 is 1.32 bits per heavy atom.